The second kappa shape index (κ2) is 7.09. The molecule has 1 amide bonds. The molecule has 0 N–H and O–H groups in total. The first-order valence-electron chi connectivity index (χ1n) is 8.52. The van der Waals surface area contributed by atoms with Crippen LogP contribution in [0.25, 0.3) is 5.57 Å². The first-order valence-corrected chi connectivity index (χ1v) is 8.92. The van der Waals surface area contributed by atoms with Crippen molar-refractivity contribution < 1.29 is 9.59 Å². The van der Waals surface area contributed by atoms with Gasteiger partial charge in [0.15, 0.2) is 5.78 Å². The van der Waals surface area contributed by atoms with Gasteiger partial charge in [-0.05, 0) is 17.7 Å². The van der Waals surface area contributed by atoms with Crippen LogP contribution < -0.4 is 4.90 Å². The number of nitrogens with zero attached hydrogens (tertiary/aromatic N) is 1. The predicted octanol–water partition coefficient (Wildman–Crippen LogP) is 4.70. The van der Waals surface area contributed by atoms with Gasteiger partial charge in [-0.25, -0.2) is 0 Å². The molecule has 0 aromatic heterocycles. The Hall–Kier alpha value is -3.37. The lowest BCUT2D eigenvalue weighted by Crippen LogP contribution is -2.31. The van der Waals surface area contributed by atoms with Gasteiger partial charge in [0.05, 0.1) is 16.8 Å². The molecule has 27 heavy (non-hydrogen) atoms. The van der Waals surface area contributed by atoms with Gasteiger partial charge in [-0.1, -0.05) is 91.1 Å². The average Bonchev–Trinajstić information content (AvgIpc) is 2.99. The molecule has 1 aliphatic rings. The highest BCUT2D eigenvalue weighted by Crippen LogP contribution is 2.35. The predicted molar refractivity (Wildman–Crippen MR) is 111 cm³/mol. The highest BCUT2D eigenvalue weighted by Gasteiger charge is 2.40. The number of hydrogen-bond acceptors (Lipinski definition) is 3. The van der Waals surface area contributed by atoms with E-state index in [9.17, 15) is 9.59 Å². The largest absolute Gasteiger partial charge is 0.288 e. The summed E-state index contributed by atoms with van der Waals surface area (Å²) in [5, 5.41) is 0. The summed E-state index contributed by atoms with van der Waals surface area (Å²) in [7, 11) is 0. The fourth-order valence-electron chi connectivity index (χ4n) is 3.16. The van der Waals surface area contributed by atoms with E-state index in [0.717, 1.165) is 0 Å². The number of Topliss-reactive ketones (excluding diaryl/α,β-unsaturated/α-hetero) is 1. The summed E-state index contributed by atoms with van der Waals surface area (Å²) in [6.45, 7) is 0. The van der Waals surface area contributed by atoms with E-state index in [1.807, 2.05) is 66.7 Å². The van der Waals surface area contributed by atoms with E-state index < -0.39 is 0 Å². The molecule has 0 fully saturated rings. The number of anilines is 1. The minimum absolute atomic E-state index is 0.235. The molecule has 3 aromatic carbocycles. The molecular weight excluding hydrogens is 354 g/mol. The topological polar surface area (TPSA) is 37.4 Å². The van der Waals surface area contributed by atoms with E-state index in [2.05, 4.69) is 0 Å². The third-order valence-electron chi connectivity index (χ3n) is 4.42. The van der Waals surface area contributed by atoms with Gasteiger partial charge in [0.25, 0.3) is 5.91 Å². The Kier molecular flexibility index (Phi) is 4.48. The standard InChI is InChI=1S/C23H15NO2S/c25-21(17-12-6-2-7-13-17)20-19(16-10-4-1-5-11-16)22(26)24(23(20)27)18-14-8-3-9-15-18/h1-15H. The highest BCUT2D eigenvalue weighted by atomic mass is 32.1. The second-order valence-electron chi connectivity index (χ2n) is 6.09. The van der Waals surface area contributed by atoms with Gasteiger partial charge in [-0.15, -0.1) is 0 Å². The first-order chi connectivity index (χ1) is 13.2. The Bertz CT molecular complexity index is 1060. The van der Waals surface area contributed by atoms with Gasteiger partial charge >= 0.3 is 0 Å². The minimum Gasteiger partial charge on any atom is -0.288 e. The molecule has 4 rings (SSSR count). The maximum Gasteiger partial charge on any atom is 0.264 e. The summed E-state index contributed by atoms with van der Waals surface area (Å²) < 4.78 is 0. The Morgan fingerprint density at radius 3 is 1.85 bits per heavy atom. The van der Waals surface area contributed by atoms with Crippen LogP contribution in [0.15, 0.2) is 96.6 Å². The molecule has 0 atom stereocenters. The van der Waals surface area contributed by atoms with Crippen molar-refractivity contribution in [2.45, 2.75) is 0 Å². The number of carbonyl (C=O) groups is 2. The van der Waals surface area contributed by atoms with Crippen LogP contribution in [0.5, 0.6) is 0 Å². The van der Waals surface area contributed by atoms with E-state index in [1.165, 1.54) is 4.90 Å². The normalized spacial score (nSPS) is 14.0. The van der Waals surface area contributed by atoms with Crippen LogP contribution >= 0.6 is 12.2 Å². The van der Waals surface area contributed by atoms with Gasteiger partial charge in [0.1, 0.15) is 4.99 Å². The number of thiocarbonyl (C=S) groups is 1. The smallest absolute Gasteiger partial charge is 0.264 e. The first kappa shape index (κ1) is 17.1. The average molecular weight is 369 g/mol. The Balaban J connectivity index is 1.89. The number of benzene rings is 3. The lowest BCUT2D eigenvalue weighted by atomic mass is 9.96. The number of hydrogen-bond donors (Lipinski definition) is 0. The molecule has 0 saturated carbocycles. The highest BCUT2D eigenvalue weighted by molar-refractivity contribution is 7.81. The fourth-order valence-corrected chi connectivity index (χ4v) is 3.54. The van der Waals surface area contributed by atoms with Crippen molar-refractivity contribution in [3.63, 3.8) is 0 Å². The fraction of sp³-hybridized carbons (Fsp3) is 0. The zero-order valence-corrected chi connectivity index (χ0v) is 15.1. The number of ketones is 1. The van der Waals surface area contributed by atoms with Crippen molar-refractivity contribution in [1.29, 1.82) is 0 Å². The molecule has 1 aliphatic heterocycles. The van der Waals surface area contributed by atoms with Crippen LogP contribution in [-0.2, 0) is 4.79 Å². The molecule has 130 valence electrons. The van der Waals surface area contributed by atoms with Crippen molar-refractivity contribution in [2.24, 2.45) is 0 Å². The van der Waals surface area contributed by atoms with Crippen LogP contribution in [0.2, 0.25) is 0 Å². The lowest BCUT2D eigenvalue weighted by Gasteiger charge is -2.17. The number of para-hydroxylation sites is 1. The van der Waals surface area contributed by atoms with Crippen molar-refractivity contribution >= 4 is 40.2 Å². The van der Waals surface area contributed by atoms with Gasteiger partial charge in [0, 0.05) is 5.56 Å². The zero-order chi connectivity index (χ0) is 18.8. The van der Waals surface area contributed by atoms with Gasteiger partial charge < -0.3 is 0 Å². The van der Waals surface area contributed by atoms with E-state index in [0.29, 0.717) is 22.4 Å². The third-order valence-corrected chi connectivity index (χ3v) is 4.81. The van der Waals surface area contributed by atoms with E-state index in [4.69, 9.17) is 12.2 Å². The third kappa shape index (κ3) is 3.00. The molecule has 0 unspecified atom stereocenters. The molecule has 0 aliphatic carbocycles. The number of amides is 1. The molecule has 0 radical (unpaired) electrons. The van der Waals surface area contributed by atoms with E-state index >= 15 is 0 Å². The van der Waals surface area contributed by atoms with Crippen molar-refractivity contribution in [3.05, 3.63) is 108 Å². The zero-order valence-electron chi connectivity index (χ0n) is 14.3. The van der Waals surface area contributed by atoms with Gasteiger partial charge in [-0.3, -0.25) is 14.5 Å². The molecule has 3 nitrogen and oxygen atoms in total. The quantitative estimate of drug-likeness (QED) is 0.494. The summed E-state index contributed by atoms with van der Waals surface area (Å²) in [5.41, 5.74) is 2.46. The Morgan fingerprint density at radius 2 is 1.26 bits per heavy atom. The Morgan fingerprint density at radius 1 is 0.741 bits per heavy atom. The molecule has 0 spiro atoms. The number of carbonyl (C=O) groups excluding carboxylic acids is 2. The molecular formula is C23H15NO2S. The lowest BCUT2D eigenvalue weighted by molar-refractivity contribution is -0.112. The summed E-state index contributed by atoms with van der Waals surface area (Å²) in [6, 6.07) is 27.3. The van der Waals surface area contributed by atoms with Gasteiger partial charge in [-0.2, -0.15) is 0 Å². The van der Waals surface area contributed by atoms with Crippen LogP contribution in [0.3, 0.4) is 0 Å². The number of rotatable bonds is 4. The Labute approximate surface area is 162 Å². The minimum atomic E-state index is -0.281. The summed E-state index contributed by atoms with van der Waals surface area (Å²) in [6.07, 6.45) is 0. The molecule has 1 heterocycles. The van der Waals surface area contributed by atoms with E-state index in [1.54, 1.807) is 24.3 Å². The molecule has 4 heteroatoms. The van der Waals surface area contributed by atoms with Crippen LogP contribution in [0.1, 0.15) is 15.9 Å². The second-order valence-corrected chi connectivity index (χ2v) is 6.48. The molecule has 0 bridgehead atoms. The summed E-state index contributed by atoms with van der Waals surface area (Å²) in [5.74, 6) is -0.525. The monoisotopic (exact) mass is 369 g/mol. The van der Waals surface area contributed by atoms with Crippen LogP contribution in [-0.4, -0.2) is 16.7 Å². The van der Waals surface area contributed by atoms with Crippen molar-refractivity contribution in [3.8, 4) is 0 Å². The SMILES string of the molecule is O=C(C1=C(c2ccccc2)C(=O)N(c2ccccc2)C1=S)c1ccccc1. The van der Waals surface area contributed by atoms with Crippen molar-refractivity contribution in [1.82, 2.24) is 0 Å². The summed E-state index contributed by atoms with van der Waals surface area (Å²) in [4.78, 5) is 28.2. The maximum atomic E-state index is 13.3. The van der Waals surface area contributed by atoms with E-state index in [-0.39, 0.29) is 22.3 Å². The van der Waals surface area contributed by atoms with Crippen LogP contribution in [0, 0.1) is 0 Å². The van der Waals surface area contributed by atoms with Crippen molar-refractivity contribution in [2.75, 3.05) is 4.90 Å². The maximum absolute atomic E-state index is 13.3. The van der Waals surface area contributed by atoms with Crippen LogP contribution in [0.4, 0.5) is 5.69 Å². The molecule has 0 saturated heterocycles. The molecule has 3 aromatic rings. The van der Waals surface area contributed by atoms with Gasteiger partial charge in [0.2, 0.25) is 0 Å². The summed E-state index contributed by atoms with van der Waals surface area (Å²) >= 11 is 5.60.